The molecule has 1 fully saturated rings. The summed E-state index contributed by atoms with van der Waals surface area (Å²) in [7, 11) is 0. The number of nitrogens with one attached hydrogen (secondary N) is 1. The van der Waals surface area contributed by atoms with Crippen LogP contribution in [0.25, 0.3) is 0 Å². The molecule has 1 unspecified atom stereocenters. The number of halogens is 1. The highest BCUT2D eigenvalue weighted by Crippen LogP contribution is 2.33. The Hall–Kier alpha value is -0.840. The Morgan fingerprint density at radius 1 is 1.33 bits per heavy atom. The van der Waals surface area contributed by atoms with E-state index in [2.05, 4.69) is 22.2 Å². The average Bonchev–Trinajstić information content (AvgIpc) is 2.94. The third kappa shape index (κ3) is 6.92. The van der Waals surface area contributed by atoms with Crippen LogP contribution in [-0.4, -0.2) is 63.2 Å². The summed E-state index contributed by atoms with van der Waals surface area (Å²) < 4.78 is 11.4. The second kappa shape index (κ2) is 10.1. The van der Waals surface area contributed by atoms with Gasteiger partial charge >= 0.3 is 0 Å². The van der Waals surface area contributed by atoms with Crippen molar-refractivity contribution in [3.05, 3.63) is 5.15 Å². The zero-order valence-corrected chi connectivity index (χ0v) is 17.5. The summed E-state index contributed by atoms with van der Waals surface area (Å²) in [5.41, 5.74) is 6.35. The molecule has 154 valence electrons. The van der Waals surface area contributed by atoms with Crippen LogP contribution in [0.5, 0.6) is 0 Å². The predicted molar refractivity (Wildman–Crippen MR) is 107 cm³/mol. The molecule has 0 radical (unpaired) electrons. The first kappa shape index (κ1) is 22.4. The number of ether oxygens (including phenoxy) is 2. The number of hydrogen-bond acceptors (Lipinski definition) is 9. The molecule has 10 heteroatoms. The molecule has 0 amide bonds. The Kier molecular flexibility index (Phi) is 8.39. The first-order valence-electron chi connectivity index (χ1n) is 9.08. The van der Waals surface area contributed by atoms with E-state index in [9.17, 15) is 5.11 Å². The van der Waals surface area contributed by atoms with E-state index in [1.165, 1.54) is 11.8 Å². The fourth-order valence-electron chi connectivity index (χ4n) is 2.94. The Morgan fingerprint density at radius 2 is 2.04 bits per heavy atom. The monoisotopic (exact) mass is 420 g/mol. The minimum Gasteiger partial charge on any atom is -0.394 e. The van der Waals surface area contributed by atoms with Crippen LogP contribution >= 0.6 is 23.4 Å². The van der Waals surface area contributed by atoms with Crippen LogP contribution in [0, 0.1) is 0 Å². The van der Waals surface area contributed by atoms with Crippen LogP contribution in [0.2, 0.25) is 5.15 Å². The van der Waals surface area contributed by atoms with Crippen LogP contribution < -0.4 is 11.1 Å². The maximum absolute atomic E-state index is 9.99. The van der Waals surface area contributed by atoms with Gasteiger partial charge in [-0.3, -0.25) is 0 Å². The van der Waals surface area contributed by atoms with Gasteiger partial charge in [-0.1, -0.05) is 30.3 Å². The highest BCUT2D eigenvalue weighted by Gasteiger charge is 2.39. The largest absolute Gasteiger partial charge is 0.394 e. The van der Waals surface area contributed by atoms with Gasteiger partial charge in [-0.05, 0) is 33.1 Å². The van der Waals surface area contributed by atoms with Gasteiger partial charge in [-0.2, -0.15) is 0 Å². The molecule has 1 aliphatic carbocycles. The summed E-state index contributed by atoms with van der Waals surface area (Å²) in [6.07, 6.45) is 1.65. The van der Waals surface area contributed by atoms with Gasteiger partial charge in [-0.25, -0.2) is 9.97 Å². The maximum Gasteiger partial charge on any atom is 0.191 e. The molecule has 1 aliphatic rings. The van der Waals surface area contributed by atoms with Crippen LogP contribution in [0.3, 0.4) is 0 Å². The van der Waals surface area contributed by atoms with E-state index < -0.39 is 5.79 Å². The normalized spacial score (nSPS) is 23.0. The van der Waals surface area contributed by atoms with Crippen molar-refractivity contribution in [2.75, 3.05) is 30.0 Å². The Bertz CT molecular complexity index is 617. The molecule has 0 aliphatic heterocycles. The fourth-order valence-corrected chi connectivity index (χ4v) is 3.85. The second-order valence-corrected chi connectivity index (χ2v) is 8.38. The zero-order valence-electron chi connectivity index (χ0n) is 15.9. The SMILES string of the molecule is CCCSc1nc(Cl)c(N)c(N[C@H]2CC(OC(C)(C)O)[C@@H](OCCO)C2)n1. The summed E-state index contributed by atoms with van der Waals surface area (Å²) in [6.45, 7) is 5.38. The molecule has 1 aromatic rings. The number of rotatable bonds is 10. The summed E-state index contributed by atoms with van der Waals surface area (Å²) in [6, 6.07) is -0.0293. The lowest BCUT2D eigenvalue weighted by atomic mass is 10.2. The molecular formula is C17H29ClN4O4S. The fraction of sp³-hybridized carbons (Fsp3) is 0.765. The van der Waals surface area contributed by atoms with Crippen LogP contribution in [0.4, 0.5) is 11.5 Å². The van der Waals surface area contributed by atoms with E-state index in [-0.39, 0.29) is 36.6 Å². The number of nitrogens with zero attached hydrogens (tertiary/aromatic N) is 2. The van der Waals surface area contributed by atoms with Crippen molar-refractivity contribution in [1.29, 1.82) is 0 Å². The molecule has 0 spiro atoms. The lowest BCUT2D eigenvalue weighted by molar-refractivity contribution is -0.224. The quantitative estimate of drug-likeness (QED) is 0.195. The van der Waals surface area contributed by atoms with Gasteiger partial charge < -0.3 is 30.7 Å². The third-order valence-electron chi connectivity index (χ3n) is 3.97. The smallest absolute Gasteiger partial charge is 0.191 e. The van der Waals surface area contributed by atoms with Crippen molar-refractivity contribution in [2.45, 2.75) is 69.2 Å². The van der Waals surface area contributed by atoms with Gasteiger partial charge in [0.15, 0.2) is 21.9 Å². The number of aliphatic hydroxyl groups excluding tert-OH is 1. The lowest BCUT2D eigenvalue weighted by Crippen LogP contribution is -2.36. The molecule has 1 aromatic heterocycles. The van der Waals surface area contributed by atoms with Gasteiger partial charge in [0.05, 0.1) is 25.4 Å². The molecule has 8 nitrogen and oxygen atoms in total. The van der Waals surface area contributed by atoms with Crippen LogP contribution in [0.15, 0.2) is 5.16 Å². The Balaban J connectivity index is 2.10. The summed E-state index contributed by atoms with van der Waals surface area (Å²) in [4.78, 5) is 8.69. The number of hydrogen-bond donors (Lipinski definition) is 4. The number of thioether (sulfide) groups is 1. The molecule has 1 saturated carbocycles. The molecular weight excluding hydrogens is 392 g/mol. The maximum atomic E-state index is 9.99. The van der Waals surface area contributed by atoms with E-state index in [1.54, 1.807) is 13.8 Å². The molecule has 2 rings (SSSR count). The van der Waals surface area contributed by atoms with E-state index in [0.29, 0.717) is 29.5 Å². The zero-order chi connectivity index (χ0) is 20.0. The van der Waals surface area contributed by atoms with Crippen molar-refractivity contribution in [3.63, 3.8) is 0 Å². The van der Waals surface area contributed by atoms with Crippen molar-refractivity contribution >= 4 is 34.9 Å². The summed E-state index contributed by atoms with van der Waals surface area (Å²) in [5.74, 6) is 0.104. The van der Waals surface area contributed by atoms with Crippen molar-refractivity contribution in [2.24, 2.45) is 0 Å². The third-order valence-corrected chi connectivity index (χ3v) is 5.31. The van der Waals surface area contributed by atoms with Gasteiger partial charge in [0.1, 0.15) is 5.69 Å². The standard InChI is InChI=1S/C17H29ClN4O4S/c1-4-7-27-16-21-14(18)13(19)15(22-16)20-10-8-11(25-6-5-23)12(9-10)26-17(2,3)24/h10-12,23-24H,4-9,19H2,1-3H3,(H,20,21,22)/t10-,11+,12?/m1/s1. The average molecular weight is 421 g/mol. The first-order chi connectivity index (χ1) is 12.7. The van der Waals surface area contributed by atoms with Gasteiger partial charge in [-0.15, -0.1) is 0 Å². The van der Waals surface area contributed by atoms with E-state index >= 15 is 0 Å². The lowest BCUT2D eigenvalue weighted by Gasteiger charge is -2.27. The Labute approximate surface area is 169 Å². The van der Waals surface area contributed by atoms with Crippen LogP contribution in [0.1, 0.15) is 40.0 Å². The topological polar surface area (TPSA) is 123 Å². The minimum atomic E-state index is -1.28. The minimum absolute atomic E-state index is 0.0293. The number of nitrogen functional groups attached to an aromatic ring is 1. The second-order valence-electron chi connectivity index (χ2n) is 6.96. The number of anilines is 2. The first-order valence-corrected chi connectivity index (χ1v) is 10.4. The van der Waals surface area contributed by atoms with Crippen LogP contribution in [-0.2, 0) is 9.47 Å². The van der Waals surface area contributed by atoms with Crippen molar-refractivity contribution in [3.8, 4) is 0 Å². The van der Waals surface area contributed by atoms with Gasteiger partial charge in [0.25, 0.3) is 0 Å². The highest BCUT2D eigenvalue weighted by atomic mass is 35.5. The number of aliphatic hydroxyl groups is 2. The molecule has 27 heavy (non-hydrogen) atoms. The van der Waals surface area contributed by atoms with E-state index in [1.807, 2.05) is 0 Å². The summed E-state index contributed by atoms with van der Waals surface area (Å²) >= 11 is 7.68. The molecule has 0 saturated heterocycles. The molecule has 3 atom stereocenters. The van der Waals surface area contributed by atoms with Gasteiger partial charge in [0, 0.05) is 11.8 Å². The van der Waals surface area contributed by atoms with E-state index in [4.69, 9.17) is 31.9 Å². The molecule has 5 N–H and O–H groups in total. The predicted octanol–water partition coefficient (Wildman–Crippen LogP) is 2.28. The Morgan fingerprint density at radius 3 is 2.67 bits per heavy atom. The molecule has 1 heterocycles. The molecule has 0 bridgehead atoms. The number of nitrogens with two attached hydrogens (primary N) is 1. The van der Waals surface area contributed by atoms with Crippen molar-refractivity contribution in [1.82, 2.24) is 9.97 Å². The molecule has 0 aromatic carbocycles. The van der Waals surface area contributed by atoms with Gasteiger partial charge in [0.2, 0.25) is 0 Å². The summed E-state index contributed by atoms with van der Waals surface area (Å²) in [5, 5.41) is 23.1. The van der Waals surface area contributed by atoms with Crippen molar-refractivity contribution < 1.29 is 19.7 Å². The number of aromatic nitrogens is 2. The van der Waals surface area contributed by atoms with E-state index in [0.717, 1.165) is 12.2 Å². The highest BCUT2D eigenvalue weighted by molar-refractivity contribution is 7.99.